The number of phenols is 1. The first-order valence-corrected chi connectivity index (χ1v) is 7.29. The number of methoxy groups -OCH3 is 1. The number of hydrogen-bond acceptors (Lipinski definition) is 5. The number of phenolic OH excluding ortho intramolecular Hbond substituents is 1. The molecule has 0 aromatic heterocycles. The van der Waals surface area contributed by atoms with Crippen molar-refractivity contribution in [2.24, 2.45) is 0 Å². The summed E-state index contributed by atoms with van der Waals surface area (Å²) in [4.78, 5) is 23.8. The number of benzene rings is 1. The molecular weight excluding hydrogens is 342 g/mol. The number of ether oxygens (including phenoxy) is 2. The molecule has 1 saturated carbocycles. The van der Waals surface area contributed by atoms with E-state index in [2.05, 4.69) is 21.2 Å². The van der Waals surface area contributed by atoms with Gasteiger partial charge in [0.25, 0.3) is 5.91 Å². The van der Waals surface area contributed by atoms with Gasteiger partial charge in [0.15, 0.2) is 17.6 Å². The van der Waals surface area contributed by atoms with Gasteiger partial charge < -0.3 is 19.9 Å². The number of nitrogens with one attached hydrogen (secondary N) is 1. The van der Waals surface area contributed by atoms with Crippen molar-refractivity contribution in [1.82, 2.24) is 5.32 Å². The second-order valence-electron chi connectivity index (χ2n) is 4.84. The summed E-state index contributed by atoms with van der Waals surface area (Å²) in [5, 5.41) is 12.5. The van der Waals surface area contributed by atoms with E-state index in [-0.39, 0.29) is 29.0 Å². The number of carbonyl (C=O) groups is 2. The Hall–Kier alpha value is -1.76. The lowest BCUT2D eigenvalue weighted by molar-refractivity contribution is -0.129. The van der Waals surface area contributed by atoms with Crippen molar-refractivity contribution in [3.8, 4) is 11.5 Å². The minimum absolute atomic E-state index is 0.103. The molecule has 1 amide bonds. The van der Waals surface area contributed by atoms with Gasteiger partial charge in [-0.3, -0.25) is 4.79 Å². The third-order valence-corrected chi connectivity index (χ3v) is 3.67. The minimum Gasteiger partial charge on any atom is -0.503 e. The Morgan fingerprint density at radius 2 is 2.10 bits per heavy atom. The van der Waals surface area contributed by atoms with E-state index in [0.29, 0.717) is 4.47 Å². The number of halogens is 1. The average Bonchev–Trinajstić information content (AvgIpc) is 3.25. The van der Waals surface area contributed by atoms with E-state index in [1.165, 1.54) is 26.2 Å². The van der Waals surface area contributed by atoms with E-state index in [9.17, 15) is 14.7 Å². The average molecular weight is 358 g/mol. The molecule has 0 aliphatic heterocycles. The monoisotopic (exact) mass is 357 g/mol. The fourth-order valence-electron chi connectivity index (χ4n) is 1.68. The molecule has 2 N–H and O–H groups in total. The highest BCUT2D eigenvalue weighted by atomic mass is 79.9. The largest absolute Gasteiger partial charge is 0.503 e. The van der Waals surface area contributed by atoms with Gasteiger partial charge in [-0.1, -0.05) is 0 Å². The lowest BCUT2D eigenvalue weighted by Gasteiger charge is -2.14. The summed E-state index contributed by atoms with van der Waals surface area (Å²) in [6.07, 6.45) is 1.06. The standard InChI is InChI=1S/C14H16BrNO5/c1-7(13(18)16-9-3-4-9)21-14(19)8-5-10(15)12(17)11(6-8)20-2/h5-7,9,17H,3-4H2,1-2H3,(H,16,18). The topological polar surface area (TPSA) is 84.9 Å². The number of amides is 1. The van der Waals surface area contributed by atoms with Crippen molar-refractivity contribution < 1.29 is 24.2 Å². The Balaban J connectivity index is 2.05. The molecule has 1 aliphatic rings. The third kappa shape index (κ3) is 3.87. The fourth-order valence-corrected chi connectivity index (χ4v) is 2.12. The molecule has 6 nitrogen and oxygen atoms in total. The van der Waals surface area contributed by atoms with Gasteiger partial charge in [0.1, 0.15) is 0 Å². The van der Waals surface area contributed by atoms with Crippen LogP contribution in [-0.2, 0) is 9.53 Å². The predicted molar refractivity (Wildman–Crippen MR) is 78.4 cm³/mol. The smallest absolute Gasteiger partial charge is 0.339 e. The summed E-state index contributed by atoms with van der Waals surface area (Å²) >= 11 is 3.13. The predicted octanol–water partition coefficient (Wildman–Crippen LogP) is 1.99. The van der Waals surface area contributed by atoms with E-state index in [1.54, 1.807) is 0 Å². The minimum atomic E-state index is -0.878. The number of carbonyl (C=O) groups excluding carboxylic acids is 2. The summed E-state index contributed by atoms with van der Waals surface area (Å²) < 4.78 is 10.4. The molecule has 1 aliphatic carbocycles. The van der Waals surface area contributed by atoms with Gasteiger partial charge in [0, 0.05) is 6.04 Å². The molecular formula is C14H16BrNO5. The molecule has 0 radical (unpaired) electrons. The van der Waals surface area contributed by atoms with E-state index < -0.39 is 12.1 Å². The molecule has 0 saturated heterocycles. The zero-order chi connectivity index (χ0) is 15.6. The van der Waals surface area contributed by atoms with Crippen molar-refractivity contribution in [2.75, 3.05) is 7.11 Å². The van der Waals surface area contributed by atoms with Gasteiger partial charge in [-0.15, -0.1) is 0 Å². The molecule has 2 rings (SSSR count). The van der Waals surface area contributed by atoms with Crippen LogP contribution in [0, 0.1) is 0 Å². The maximum absolute atomic E-state index is 12.0. The van der Waals surface area contributed by atoms with Gasteiger partial charge in [-0.2, -0.15) is 0 Å². The van der Waals surface area contributed by atoms with Gasteiger partial charge in [-0.25, -0.2) is 4.79 Å². The molecule has 0 spiro atoms. The molecule has 114 valence electrons. The first kappa shape index (κ1) is 15.6. The summed E-state index contributed by atoms with van der Waals surface area (Å²) in [6, 6.07) is 2.97. The van der Waals surface area contributed by atoms with Crippen molar-refractivity contribution in [3.05, 3.63) is 22.2 Å². The summed E-state index contributed by atoms with van der Waals surface area (Å²) in [6.45, 7) is 1.52. The van der Waals surface area contributed by atoms with Crippen molar-refractivity contribution in [2.45, 2.75) is 31.9 Å². The Bertz CT molecular complexity index is 571. The van der Waals surface area contributed by atoms with E-state index in [0.717, 1.165) is 12.8 Å². The molecule has 1 aromatic rings. The van der Waals surface area contributed by atoms with Crippen LogP contribution in [0.3, 0.4) is 0 Å². The lowest BCUT2D eigenvalue weighted by atomic mass is 10.2. The van der Waals surface area contributed by atoms with Crippen LogP contribution in [0.4, 0.5) is 0 Å². The highest BCUT2D eigenvalue weighted by Gasteiger charge is 2.27. The van der Waals surface area contributed by atoms with Crippen LogP contribution in [0.25, 0.3) is 0 Å². The van der Waals surface area contributed by atoms with Crippen LogP contribution in [0.5, 0.6) is 11.5 Å². The number of rotatable bonds is 5. The second-order valence-corrected chi connectivity index (χ2v) is 5.69. The normalized spacial score (nSPS) is 15.2. The third-order valence-electron chi connectivity index (χ3n) is 3.06. The first-order valence-electron chi connectivity index (χ1n) is 6.50. The number of esters is 1. The Morgan fingerprint density at radius 1 is 1.43 bits per heavy atom. The second kappa shape index (κ2) is 6.34. The van der Waals surface area contributed by atoms with Crippen LogP contribution in [0.15, 0.2) is 16.6 Å². The molecule has 1 unspecified atom stereocenters. The van der Waals surface area contributed by atoms with Crippen molar-refractivity contribution in [1.29, 1.82) is 0 Å². The van der Waals surface area contributed by atoms with Crippen LogP contribution < -0.4 is 10.1 Å². The van der Waals surface area contributed by atoms with Gasteiger partial charge in [0.2, 0.25) is 0 Å². The molecule has 0 bridgehead atoms. The molecule has 1 atom stereocenters. The zero-order valence-electron chi connectivity index (χ0n) is 11.7. The molecule has 7 heteroatoms. The Kier molecular flexibility index (Phi) is 4.72. The Morgan fingerprint density at radius 3 is 2.67 bits per heavy atom. The van der Waals surface area contributed by atoms with E-state index in [1.807, 2.05) is 0 Å². The fraction of sp³-hybridized carbons (Fsp3) is 0.429. The summed E-state index contributed by atoms with van der Waals surface area (Å²) in [5.41, 5.74) is 0.183. The van der Waals surface area contributed by atoms with Crippen LogP contribution >= 0.6 is 15.9 Å². The quantitative estimate of drug-likeness (QED) is 0.787. The maximum Gasteiger partial charge on any atom is 0.339 e. The lowest BCUT2D eigenvalue weighted by Crippen LogP contribution is -2.37. The first-order chi connectivity index (χ1) is 9.92. The Labute approximate surface area is 130 Å². The van der Waals surface area contributed by atoms with E-state index in [4.69, 9.17) is 9.47 Å². The molecule has 1 fully saturated rings. The number of hydrogen-bond donors (Lipinski definition) is 2. The van der Waals surface area contributed by atoms with Crippen molar-refractivity contribution in [3.63, 3.8) is 0 Å². The highest BCUT2D eigenvalue weighted by molar-refractivity contribution is 9.10. The molecule has 1 aromatic carbocycles. The van der Waals surface area contributed by atoms with Gasteiger partial charge in [-0.05, 0) is 47.8 Å². The van der Waals surface area contributed by atoms with Gasteiger partial charge in [0.05, 0.1) is 17.1 Å². The van der Waals surface area contributed by atoms with Crippen LogP contribution in [-0.4, -0.2) is 36.2 Å². The SMILES string of the molecule is COc1cc(C(=O)OC(C)C(=O)NC2CC2)cc(Br)c1O. The van der Waals surface area contributed by atoms with Crippen molar-refractivity contribution >= 4 is 27.8 Å². The zero-order valence-corrected chi connectivity index (χ0v) is 13.3. The van der Waals surface area contributed by atoms with Crippen LogP contribution in [0.1, 0.15) is 30.1 Å². The van der Waals surface area contributed by atoms with Gasteiger partial charge >= 0.3 is 5.97 Å². The maximum atomic E-state index is 12.0. The molecule has 21 heavy (non-hydrogen) atoms. The molecule has 0 heterocycles. The van der Waals surface area contributed by atoms with E-state index >= 15 is 0 Å². The van der Waals surface area contributed by atoms with Crippen LogP contribution in [0.2, 0.25) is 0 Å². The summed E-state index contributed by atoms with van der Waals surface area (Å²) in [7, 11) is 1.38. The highest BCUT2D eigenvalue weighted by Crippen LogP contribution is 2.35. The number of aromatic hydroxyl groups is 1. The summed E-state index contributed by atoms with van der Waals surface area (Å²) in [5.74, 6) is -0.928.